The van der Waals surface area contributed by atoms with E-state index in [4.69, 9.17) is 0 Å². The lowest BCUT2D eigenvalue weighted by Gasteiger charge is -2.34. The topological polar surface area (TPSA) is 6.48 Å². The lowest BCUT2D eigenvalue weighted by molar-refractivity contribution is 0.735. The summed E-state index contributed by atoms with van der Waals surface area (Å²) < 4.78 is 0. The summed E-state index contributed by atoms with van der Waals surface area (Å²) in [5.41, 5.74) is 9.81. The molecule has 1 aliphatic carbocycles. The summed E-state index contributed by atoms with van der Waals surface area (Å²) in [6, 6.07) is 54.6. The van der Waals surface area contributed by atoms with Crippen LogP contribution in [0.1, 0.15) is 11.5 Å². The maximum atomic E-state index is 2.55. The molecule has 6 aromatic rings. The second kappa shape index (κ2) is 10.2. The zero-order valence-electron chi connectivity index (χ0n) is 23.2. The lowest BCUT2D eigenvalue weighted by Crippen LogP contribution is -2.31. The Balaban J connectivity index is 1.26. The Bertz CT molecular complexity index is 1920. The zero-order chi connectivity index (χ0) is 27.9. The van der Waals surface area contributed by atoms with Gasteiger partial charge in [-0.15, -0.1) is 0 Å². The van der Waals surface area contributed by atoms with Gasteiger partial charge in [0.05, 0.1) is 11.7 Å². The van der Waals surface area contributed by atoms with Gasteiger partial charge in [-0.2, -0.15) is 0 Å². The molecule has 6 aromatic carbocycles. The molecule has 0 aromatic heterocycles. The Kier molecular flexibility index (Phi) is 5.97. The van der Waals surface area contributed by atoms with E-state index in [2.05, 4.69) is 180 Å². The average Bonchev–Trinajstić information content (AvgIpc) is 3.41. The van der Waals surface area contributed by atoms with Gasteiger partial charge >= 0.3 is 0 Å². The molecule has 0 radical (unpaired) electrons. The van der Waals surface area contributed by atoms with Crippen LogP contribution in [-0.4, -0.2) is 6.04 Å². The quantitative estimate of drug-likeness (QED) is 0.215. The number of anilines is 4. The van der Waals surface area contributed by atoms with Crippen molar-refractivity contribution in [3.05, 3.63) is 181 Å². The first kappa shape index (κ1) is 24.5. The van der Waals surface area contributed by atoms with Crippen LogP contribution in [0.25, 0.3) is 21.9 Å². The van der Waals surface area contributed by atoms with Gasteiger partial charge in [0.15, 0.2) is 0 Å². The van der Waals surface area contributed by atoms with E-state index in [0.717, 1.165) is 11.4 Å². The third-order valence-electron chi connectivity index (χ3n) is 8.55. The van der Waals surface area contributed by atoms with Crippen molar-refractivity contribution >= 4 is 33.5 Å². The molecule has 0 spiro atoms. The fraction of sp³-hybridized carbons (Fsp3) is 0.0500. The number of hydrogen-bond donors (Lipinski definition) is 0. The molecule has 0 fully saturated rings. The summed E-state index contributed by atoms with van der Waals surface area (Å²) in [7, 11) is 0. The van der Waals surface area contributed by atoms with Crippen LogP contribution in [0, 0.1) is 0 Å². The van der Waals surface area contributed by atoms with Gasteiger partial charge in [0.1, 0.15) is 0 Å². The third-order valence-corrected chi connectivity index (χ3v) is 8.55. The Hall–Kier alpha value is -5.34. The highest BCUT2D eigenvalue weighted by molar-refractivity contribution is 6.00. The van der Waals surface area contributed by atoms with Crippen LogP contribution in [0.15, 0.2) is 176 Å². The van der Waals surface area contributed by atoms with Crippen LogP contribution in [0.4, 0.5) is 22.7 Å². The Morgan fingerprint density at radius 3 is 1.90 bits per heavy atom. The molecule has 0 saturated heterocycles. The van der Waals surface area contributed by atoms with Crippen LogP contribution in [0.2, 0.25) is 0 Å². The standard InChI is InChI=1S/C40H30N2/c1-4-12-29(13-5-1)30-20-23-34(24-21-30)41(32-15-6-2-7-16-32)35-25-27-37-38-26-22-31-14-10-11-19-36(31)40(38)42(39(37)28-35)33-17-8-3-9-18-33/h1-28,37,39H. The van der Waals surface area contributed by atoms with Crippen molar-refractivity contribution in [2.75, 3.05) is 9.80 Å². The predicted octanol–water partition coefficient (Wildman–Crippen LogP) is 10.4. The van der Waals surface area contributed by atoms with Gasteiger partial charge in [0.2, 0.25) is 0 Å². The van der Waals surface area contributed by atoms with Crippen LogP contribution >= 0.6 is 0 Å². The Labute approximate surface area is 247 Å². The number of benzene rings is 6. The highest BCUT2D eigenvalue weighted by Crippen LogP contribution is 2.51. The molecule has 2 heteroatoms. The summed E-state index contributed by atoms with van der Waals surface area (Å²) in [5.74, 6) is 0.270. The first-order chi connectivity index (χ1) is 20.8. The van der Waals surface area contributed by atoms with Gasteiger partial charge < -0.3 is 9.80 Å². The number of allylic oxidation sites excluding steroid dienone is 1. The highest BCUT2D eigenvalue weighted by Gasteiger charge is 2.40. The number of fused-ring (bicyclic) bond motifs is 5. The maximum absolute atomic E-state index is 2.55. The molecular formula is C40H30N2. The first-order valence-electron chi connectivity index (χ1n) is 14.6. The minimum atomic E-state index is 0.156. The molecule has 2 atom stereocenters. The van der Waals surface area contributed by atoms with Crippen LogP contribution < -0.4 is 9.80 Å². The molecule has 0 bridgehead atoms. The minimum Gasteiger partial charge on any atom is -0.333 e. The van der Waals surface area contributed by atoms with Crippen molar-refractivity contribution < 1.29 is 0 Å². The largest absolute Gasteiger partial charge is 0.333 e. The van der Waals surface area contributed by atoms with E-state index in [0.29, 0.717) is 0 Å². The fourth-order valence-corrected chi connectivity index (χ4v) is 6.63. The number of nitrogens with zero attached hydrogens (tertiary/aromatic N) is 2. The van der Waals surface area contributed by atoms with E-state index >= 15 is 0 Å². The smallest absolute Gasteiger partial charge is 0.0649 e. The molecule has 1 aliphatic heterocycles. The molecule has 200 valence electrons. The van der Waals surface area contributed by atoms with Gasteiger partial charge in [-0.3, -0.25) is 0 Å². The summed E-state index contributed by atoms with van der Waals surface area (Å²) >= 11 is 0. The Morgan fingerprint density at radius 1 is 0.524 bits per heavy atom. The number of hydrogen-bond acceptors (Lipinski definition) is 2. The summed E-state index contributed by atoms with van der Waals surface area (Å²) in [4.78, 5) is 4.93. The average molecular weight is 539 g/mol. The summed E-state index contributed by atoms with van der Waals surface area (Å²) in [6.45, 7) is 0. The third kappa shape index (κ3) is 4.12. The van der Waals surface area contributed by atoms with Crippen molar-refractivity contribution in [1.82, 2.24) is 0 Å². The predicted molar refractivity (Wildman–Crippen MR) is 177 cm³/mol. The van der Waals surface area contributed by atoms with Crippen molar-refractivity contribution in [2.24, 2.45) is 0 Å². The molecule has 0 N–H and O–H groups in total. The van der Waals surface area contributed by atoms with E-state index in [1.54, 1.807) is 0 Å². The van der Waals surface area contributed by atoms with E-state index in [9.17, 15) is 0 Å². The SMILES string of the molecule is C1=CC2c3ccc4ccccc4c3N(c3ccccc3)C2C=C1N(c1ccccc1)c1ccc(-c2ccccc2)cc1. The minimum absolute atomic E-state index is 0.156. The van der Waals surface area contributed by atoms with Gasteiger partial charge in [0, 0.05) is 34.1 Å². The summed E-state index contributed by atoms with van der Waals surface area (Å²) in [6.07, 6.45) is 7.18. The highest BCUT2D eigenvalue weighted by atomic mass is 15.2. The molecule has 1 heterocycles. The zero-order valence-corrected chi connectivity index (χ0v) is 23.2. The second-order valence-corrected chi connectivity index (χ2v) is 11.0. The molecule has 2 aliphatic rings. The van der Waals surface area contributed by atoms with Gasteiger partial charge in [-0.25, -0.2) is 0 Å². The molecule has 42 heavy (non-hydrogen) atoms. The molecule has 0 saturated carbocycles. The van der Waals surface area contributed by atoms with Crippen LogP contribution in [0.5, 0.6) is 0 Å². The molecule has 8 rings (SSSR count). The van der Waals surface area contributed by atoms with Crippen molar-refractivity contribution in [1.29, 1.82) is 0 Å². The van der Waals surface area contributed by atoms with Gasteiger partial charge in [-0.1, -0.05) is 121 Å². The van der Waals surface area contributed by atoms with E-state index < -0.39 is 0 Å². The van der Waals surface area contributed by atoms with Gasteiger partial charge in [-0.05, 0) is 70.6 Å². The van der Waals surface area contributed by atoms with E-state index in [1.165, 1.54) is 44.5 Å². The number of rotatable bonds is 5. The molecule has 2 nitrogen and oxygen atoms in total. The molecule has 2 unspecified atom stereocenters. The maximum Gasteiger partial charge on any atom is 0.0649 e. The van der Waals surface area contributed by atoms with Crippen molar-refractivity contribution in [3.63, 3.8) is 0 Å². The van der Waals surface area contributed by atoms with E-state index in [-0.39, 0.29) is 12.0 Å². The molecular weight excluding hydrogens is 508 g/mol. The second-order valence-electron chi connectivity index (χ2n) is 11.0. The van der Waals surface area contributed by atoms with E-state index in [1.807, 2.05) is 0 Å². The fourth-order valence-electron chi connectivity index (χ4n) is 6.63. The molecule has 0 amide bonds. The van der Waals surface area contributed by atoms with Crippen molar-refractivity contribution in [3.8, 4) is 11.1 Å². The monoisotopic (exact) mass is 538 g/mol. The Morgan fingerprint density at radius 2 is 1.14 bits per heavy atom. The normalized spacial score (nSPS) is 17.0. The number of para-hydroxylation sites is 2. The summed E-state index contributed by atoms with van der Waals surface area (Å²) in [5, 5.41) is 2.57. The van der Waals surface area contributed by atoms with Crippen molar-refractivity contribution in [2.45, 2.75) is 12.0 Å². The lowest BCUT2D eigenvalue weighted by atomic mass is 9.89. The van der Waals surface area contributed by atoms with Crippen LogP contribution in [0.3, 0.4) is 0 Å². The first-order valence-corrected chi connectivity index (χ1v) is 14.6. The van der Waals surface area contributed by atoms with Gasteiger partial charge in [0.25, 0.3) is 0 Å². The van der Waals surface area contributed by atoms with Crippen LogP contribution in [-0.2, 0) is 0 Å².